The minimum atomic E-state index is -0.546. The van der Waals surface area contributed by atoms with E-state index in [2.05, 4.69) is 10.2 Å². The molecule has 0 radical (unpaired) electrons. The zero-order chi connectivity index (χ0) is 15.4. The number of esters is 1. The first-order valence-corrected chi connectivity index (χ1v) is 6.35. The van der Waals surface area contributed by atoms with Gasteiger partial charge in [-0.25, -0.2) is 4.79 Å². The highest BCUT2D eigenvalue weighted by molar-refractivity contribution is 5.90. The predicted molar refractivity (Wildman–Crippen MR) is 72.9 cm³/mol. The van der Waals surface area contributed by atoms with Gasteiger partial charge in [-0.05, 0) is 24.3 Å². The molecule has 7 nitrogen and oxygen atoms in total. The van der Waals surface area contributed by atoms with Gasteiger partial charge in [0.2, 0.25) is 0 Å². The minimum absolute atomic E-state index is 0.151. The fourth-order valence-electron chi connectivity index (χ4n) is 1.72. The number of benzene rings is 1. The SMILES string of the molecule is O=Cc1ccc(C(=O)OCc2nnc(-c3ccco3)o2)cc1. The minimum Gasteiger partial charge on any atom is -0.459 e. The molecular formula is C15H10N2O5. The molecular weight excluding hydrogens is 288 g/mol. The highest BCUT2D eigenvalue weighted by Crippen LogP contribution is 2.18. The first-order valence-electron chi connectivity index (χ1n) is 6.35. The van der Waals surface area contributed by atoms with Crippen molar-refractivity contribution in [1.82, 2.24) is 10.2 Å². The van der Waals surface area contributed by atoms with Crippen LogP contribution in [0.3, 0.4) is 0 Å². The van der Waals surface area contributed by atoms with Crippen LogP contribution in [0.15, 0.2) is 51.5 Å². The van der Waals surface area contributed by atoms with E-state index in [0.717, 1.165) is 0 Å². The van der Waals surface area contributed by atoms with E-state index in [9.17, 15) is 9.59 Å². The molecule has 0 fully saturated rings. The van der Waals surface area contributed by atoms with Crippen molar-refractivity contribution in [2.75, 3.05) is 0 Å². The number of hydrogen-bond acceptors (Lipinski definition) is 7. The second-order valence-corrected chi connectivity index (χ2v) is 4.29. The van der Waals surface area contributed by atoms with Crippen molar-refractivity contribution in [2.24, 2.45) is 0 Å². The van der Waals surface area contributed by atoms with E-state index < -0.39 is 5.97 Å². The van der Waals surface area contributed by atoms with Crippen LogP contribution in [-0.2, 0) is 11.3 Å². The van der Waals surface area contributed by atoms with Gasteiger partial charge in [-0.1, -0.05) is 12.1 Å². The molecule has 0 aliphatic heterocycles. The van der Waals surface area contributed by atoms with Crippen LogP contribution in [0.4, 0.5) is 0 Å². The van der Waals surface area contributed by atoms with Gasteiger partial charge in [0.15, 0.2) is 12.4 Å². The van der Waals surface area contributed by atoms with Gasteiger partial charge in [-0.3, -0.25) is 4.79 Å². The molecule has 0 saturated carbocycles. The Bertz CT molecular complexity index is 775. The van der Waals surface area contributed by atoms with Crippen molar-refractivity contribution in [2.45, 2.75) is 6.61 Å². The molecule has 0 spiro atoms. The monoisotopic (exact) mass is 298 g/mol. The summed E-state index contributed by atoms with van der Waals surface area (Å²) < 4.78 is 15.5. The van der Waals surface area contributed by atoms with Crippen LogP contribution in [0.5, 0.6) is 0 Å². The van der Waals surface area contributed by atoms with E-state index in [4.69, 9.17) is 13.6 Å². The summed E-state index contributed by atoms with van der Waals surface area (Å²) in [5.74, 6) is 0.264. The summed E-state index contributed by atoms with van der Waals surface area (Å²) >= 11 is 0. The van der Waals surface area contributed by atoms with Crippen molar-refractivity contribution in [3.8, 4) is 11.7 Å². The summed E-state index contributed by atoms with van der Waals surface area (Å²) in [6.07, 6.45) is 2.19. The molecule has 0 unspecified atom stereocenters. The van der Waals surface area contributed by atoms with E-state index in [1.165, 1.54) is 30.5 Å². The molecule has 0 N–H and O–H groups in total. The highest BCUT2D eigenvalue weighted by atomic mass is 16.5. The highest BCUT2D eigenvalue weighted by Gasteiger charge is 2.13. The molecule has 0 amide bonds. The number of rotatable bonds is 5. The maximum atomic E-state index is 11.8. The number of furan rings is 1. The van der Waals surface area contributed by atoms with Gasteiger partial charge in [0.25, 0.3) is 11.8 Å². The van der Waals surface area contributed by atoms with Crippen LogP contribution in [-0.4, -0.2) is 22.5 Å². The lowest BCUT2D eigenvalue weighted by Gasteiger charge is -2.01. The van der Waals surface area contributed by atoms with Gasteiger partial charge >= 0.3 is 5.97 Å². The Morgan fingerprint density at radius 2 is 2.00 bits per heavy atom. The fraction of sp³-hybridized carbons (Fsp3) is 0.0667. The predicted octanol–water partition coefficient (Wildman–Crippen LogP) is 2.50. The molecule has 3 rings (SSSR count). The number of ether oxygens (including phenoxy) is 1. The largest absolute Gasteiger partial charge is 0.459 e. The summed E-state index contributed by atoms with van der Waals surface area (Å²) in [5, 5.41) is 7.56. The zero-order valence-corrected chi connectivity index (χ0v) is 11.3. The summed E-state index contributed by atoms with van der Waals surface area (Å²) in [6, 6.07) is 9.46. The van der Waals surface area contributed by atoms with Gasteiger partial charge in [0.05, 0.1) is 11.8 Å². The molecule has 0 bridgehead atoms. The summed E-state index contributed by atoms with van der Waals surface area (Å²) in [7, 11) is 0. The van der Waals surface area contributed by atoms with E-state index in [1.807, 2.05) is 0 Å². The molecule has 2 heterocycles. The number of carbonyl (C=O) groups excluding carboxylic acids is 2. The first kappa shape index (κ1) is 13.7. The van der Waals surface area contributed by atoms with Crippen LogP contribution in [0.25, 0.3) is 11.7 Å². The number of aldehydes is 1. The van der Waals surface area contributed by atoms with E-state index >= 15 is 0 Å². The lowest BCUT2D eigenvalue weighted by molar-refractivity contribution is 0.0438. The third-order valence-corrected chi connectivity index (χ3v) is 2.81. The van der Waals surface area contributed by atoms with Gasteiger partial charge in [0, 0.05) is 5.56 Å². The molecule has 0 aliphatic rings. The Morgan fingerprint density at radius 1 is 1.18 bits per heavy atom. The summed E-state index contributed by atoms with van der Waals surface area (Å²) in [4.78, 5) is 22.4. The van der Waals surface area contributed by atoms with Crippen LogP contribution in [0.2, 0.25) is 0 Å². The van der Waals surface area contributed by atoms with Crippen LogP contribution in [0, 0.1) is 0 Å². The third-order valence-electron chi connectivity index (χ3n) is 2.81. The molecule has 110 valence electrons. The Kier molecular flexibility index (Phi) is 3.78. The summed E-state index contributed by atoms with van der Waals surface area (Å²) in [5.41, 5.74) is 0.813. The van der Waals surface area contributed by atoms with Crippen molar-refractivity contribution in [1.29, 1.82) is 0 Å². The van der Waals surface area contributed by atoms with E-state index in [-0.39, 0.29) is 18.4 Å². The Morgan fingerprint density at radius 3 is 2.68 bits per heavy atom. The Labute approximate surface area is 124 Å². The van der Waals surface area contributed by atoms with Crippen molar-refractivity contribution < 1.29 is 23.2 Å². The average Bonchev–Trinajstić information content (AvgIpc) is 3.23. The second-order valence-electron chi connectivity index (χ2n) is 4.29. The quantitative estimate of drug-likeness (QED) is 0.527. The fourth-order valence-corrected chi connectivity index (χ4v) is 1.72. The van der Waals surface area contributed by atoms with Gasteiger partial charge in [-0.15, -0.1) is 10.2 Å². The maximum Gasteiger partial charge on any atom is 0.338 e. The van der Waals surface area contributed by atoms with Crippen molar-refractivity contribution in [3.05, 3.63) is 59.7 Å². The second kappa shape index (κ2) is 6.04. The number of carbonyl (C=O) groups is 2. The standard InChI is InChI=1S/C15H10N2O5/c18-8-10-3-5-11(6-4-10)15(19)21-9-13-16-17-14(22-13)12-2-1-7-20-12/h1-8H,9H2. The maximum absolute atomic E-state index is 11.8. The molecule has 1 aromatic carbocycles. The molecule has 0 atom stereocenters. The van der Waals surface area contributed by atoms with Gasteiger partial charge < -0.3 is 13.6 Å². The Hall–Kier alpha value is -3.22. The van der Waals surface area contributed by atoms with E-state index in [1.54, 1.807) is 12.1 Å². The lowest BCUT2D eigenvalue weighted by Crippen LogP contribution is -2.05. The molecule has 2 aromatic heterocycles. The smallest absolute Gasteiger partial charge is 0.338 e. The molecule has 7 heteroatoms. The van der Waals surface area contributed by atoms with Gasteiger partial charge in [-0.2, -0.15) is 0 Å². The normalized spacial score (nSPS) is 10.4. The van der Waals surface area contributed by atoms with Gasteiger partial charge in [0.1, 0.15) is 6.29 Å². The molecule has 3 aromatic rings. The third kappa shape index (κ3) is 2.93. The van der Waals surface area contributed by atoms with Crippen LogP contribution < -0.4 is 0 Å². The molecule has 0 saturated heterocycles. The van der Waals surface area contributed by atoms with Crippen molar-refractivity contribution >= 4 is 12.3 Å². The average molecular weight is 298 g/mol. The van der Waals surface area contributed by atoms with E-state index in [0.29, 0.717) is 23.2 Å². The number of hydrogen-bond donors (Lipinski definition) is 0. The lowest BCUT2D eigenvalue weighted by atomic mass is 10.1. The number of nitrogens with zero attached hydrogens (tertiary/aromatic N) is 2. The first-order chi connectivity index (χ1) is 10.8. The van der Waals surface area contributed by atoms with Crippen LogP contribution in [0.1, 0.15) is 26.6 Å². The summed E-state index contributed by atoms with van der Waals surface area (Å²) in [6.45, 7) is -0.151. The topological polar surface area (TPSA) is 95.4 Å². The molecule has 22 heavy (non-hydrogen) atoms. The van der Waals surface area contributed by atoms with Crippen molar-refractivity contribution in [3.63, 3.8) is 0 Å². The number of aromatic nitrogens is 2. The Balaban J connectivity index is 1.62. The molecule has 0 aliphatic carbocycles. The zero-order valence-electron chi connectivity index (χ0n) is 11.3. The van der Waals surface area contributed by atoms with Crippen LogP contribution >= 0.6 is 0 Å².